The number of primary amides is 1. The zero-order valence-corrected chi connectivity index (χ0v) is 10.8. The maximum absolute atomic E-state index is 11.1. The van der Waals surface area contributed by atoms with Crippen molar-refractivity contribution in [3.05, 3.63) is 60.3 Å². The molecule has 1 aromatic heterocycles. The summed E-state index contributed by atoms with van der Waals surface area (Å²) in [5, 5.41) is 10.3. The minimum atomic E-state index is -0.406. The number of rotatable bonds is 3. The molecule has 1 amide bonds. The first-order valence-electron chi connectivity index (χ1n) is 6.34. The minimum absolute atomic E-state index is 0.0998. The third-order valence-electron chi connectivity index (χ3n) is 3.15. The Labute approximate surface area is 116 Å². The highest BCUT2D eigenvalue weighted by Gasteiger charge is 2.11. The molecule has 1 heterocycles. The maximum Gasteiger partial charge on any atom is 0.223 e. The van der Waals surface area contributed by atoms with Crippen LogP contribution in [-0.4, -0.2) is 16.1 Å². The fourth-order valence-corrected chi connectivity index (χ4v) is 2.26. The van der Waals surface area contributed by atoms with Crippen LogP contribution in [0.5, 0.6) is 0 Å². The summed E-state index contributed by atoms with van der Waals surface area (Å²) in [6.07, 6.45) is 0.0998. The van der Waals surface area contributed by atoms with Crippen LogP contribution in [0.1, 0.15) is 5.69 Å². The van der Waals surface area contributed by atoms with Crippen molar-refractivity contribution in [3.63, 3.8) is 0 Å². The van der Waals surface area contributed by atoms with Gasteiger partial charge in [0.25, 0.3) is 0 Å². The van der Waals surface area contributed by atoms with Crippen molar-refractivity contribution < 1.29 is 4.79 Å². The van der Waals surface area contributed by atoms with E-state index in [4.69, 9.17) is 5.73 Å². The second kappa shape index (κ2) is 5.09. The van der Waals surface area contributed by atoms with Gasteiger partial charge >= 0.3 is 0 Å². The highest BCUT2D eigenvalue weighted by molar-refractivity contribution is 5.96. The Morgan fingerprint density at radius 3 is 2.25 bits per heavy atom. The predicted octanol–water partition coefficient (Wildman–Crippen LogP) is 2.32. The summed E-state index contributed by atoms with van der Waals surface area (Å²) >= 11 is 0. The van der Waals surface area contributed by atoms with Crippen LogP contribution in [0.2, 0.25) is 0 Å². The Bertz CT molecular complexity index is 769. The second-order valence-electron chi connectivity index (χ2n) is 4.55. The van der Waals surface area contributed by atoms with Crippen LogP contribution in [0.15, 0.2) is 54.6 Å². The molecule has 0 saturated carbocycles. The molecule has 4 heteroatoms. The zero-order valence-electron chi connectivity index (χ0n) is 10.8. The van der Waals surface area contributed by atoms with Crippen LogP contribution in [0.25, 0.3) is 22.0 Å². The topological polar surface area (TPSA) is 68.9 Å². The Balaban J connectivity index is 2.24. The normalized spacial score (nSPS) is 10.6. The van der Waals surface area contributed by atoms with Gasteiger partial charge in [-0.05, 0) is 0 Å². The number of carbonyl (C=O) groups is 1. The first-order chi connectivity index (χ1) is 9.75. The zero-order chi connectivity index (χ0) is 13.9. The van der Waals surface area contributed by atoms with E-state index in [-0.39, 0.29) is 6.42 Å². The molecule has 4 nitrogen and oxygen atoms in total. The Hall–Kier alpha value is -2.75. The van der Waals surface area contributed by atoms with Crippen LogP contribution < -0.4 is 5.73 Å². The monoisotopic (exact) mass is 263 g/mol. The Morgan fingerprint density at radius 1 is 0.900 bits per heavy atom. The van der Waals surface area contributed by atoms with E-state index in [0.29, 0.717) is 5.69 Å². The van der Waals surface area contributed by atoms with Gasteiger partial charge in [0.1, 0.15) is 5.69 Å². The van der Waals surface area contributed by atoms with Gasteiger partial charge in [0.05, 0.1) is 12.1 Å². The molecular formula is C16H13N3O. The summed E-state index contributed by atoms with van der Waals surface area (Å²) in [5.74, 6) is -0.406. The third-order valence-corrected chi connectivity index (χ3v) is 3.15. The number of fused-ring (bicyclic) bond motifs is 1. The summed E-state index contributed by atoms with van der Waals surface area (Å²) in [6.45, 7) is 0. The molecule has 98 valence electrons. The lowest BCUT2D eigenvalue weighted by Crippen LogP contribution is -2.15. The molecule has 0 aliphatic heterocycles. The molecule has 0 aliphatic rings. The largest absolute Gasteiger partial charge is 0.369 e. The van der Waals surface area contributed by atoms with Crippen LogP contribution in [-0.2, 0) is 11.2 Å². The van der Waals surface area contributed by atoms with Crippen molar-refractivity contribution in [1.82, 2.24) is 10.2 Å². The van der Waals surface area contributed by atoms with E-state index in [2.05, 4.69) is 10.2 Å². The van der Waals surface area contributed by atoms with Gasteiger partial charge in [0.15, 0.2) is 0 Å². The van der Waals surface area contributed by atoms with Gasteiger partial charge in [-0.3, -0.25) is 4.79 Å². The maximum atomic E-state index is 11.1. The molecule has 0 unspecified atom stereocenters. The van der Waals surface area contributed by atoms with E-state index in [1.54, 1.807) is 0 Å². The number of aromatic nitrogens is 2. The molecule has 0 atom stereocenters. The molecular weight excluding hydrogens is 250 g/mol. The van der Waals surface area contributed by atoms with E-state index < -0.39 is 5.91 Å². The molecule has 3 aromatic rings. The fraction of sp³-hybridized carbons (Fsp3) is 0.0625. The molecule has 0 saturated heterocycles. The fourth-order valence-electron chi connectivity index (χ4n) is 2.26. The quantitative estimate of drug-likeness (QED) is 0.788. The number of amides is 1. The SMILES string of the molecule is NC(=O)Cc1nnc(-c2ccccc2)c2ccccc12. The number of nitrogens with zero attached hydrogens (tertiary/aromatic N) is 2. The van der Waals surface area contributed by atoms with Crippen LogP contribution >= 0.6 is 0 Å². The molecule has 2 N–H and O–H groups in total. The molecule has 0 spiro atoms. The summed E-state index contributed by atoms with van der Waals surface area (Å²) in [6, 6.07) is 17.7. The molecule has 0 fully saturated rings. The minimum Gasteiger partial charge on any atom is -0.369 e. The van der Waals surface area contributed by atoms with Gasteiger partial charge in [-0.1, -0.05) is 54.6 Å². The lowest BCUT2D eigenvalue weighted by molar-refractivity contribution is -0.117. The van der Waals surface area contributed by atoms with Crippen LogP contribution in [0.4, 0.5) is 0 Å². The van der Waals surface area contributed by atoms with Gasteiger partial charge in [-0.15, -0.1) is 5.10 Å². The van der Waals surface area contributed by atoms with Crippen molar-refractivity contribution in [3.8, 4) is 11.3 Å². The van der Waals surface area contributed by atoms with Gasteiger partial charge in [-0.2, -0.15) is 5.10 Å². The van der Waals surface area contributed by atoms with Crippen molar-refractivity contribution in [2.24, 2.45) is 5.73 Å². The van der Waals surface area contributed by atoms with Gasteiger partial charge in [-0.25, -0.2) is 0 Å². The first kappa shape index (κ1) is 12.3. The van der Waals surface area contributed by atoms with Crippen molar-refractivity contribution >= 4 is 16.7 Å². The van der Waals surface area contributed by atoms with Crippen molar-refractivity contribution in [2.45, 2.75) is 6.42 Å². The molecule has 2 aromatic carbocycles. The average Bonchev–Trinajstić information content (AvgIpc) is 2.48. The molecule has 0 bridgehead atoms. The van der Waals surface area contributed by atoms with Gasteiger partial charge < -0.3 is 5.73 Å². The summed E-state index contributed by atoms with van der Waals surface area (Å²) in [4.78, 5) is 11.1. The summed E-state index contributed by atoms with van der Waals surface area (Å²) in [7, 11) is 0. The van der Waals surface area contributed by atoms with E-state index in [1.165, 1.54) is 0 Å². The molecule has 0 aliphatic carbocycles. The number of carbonyl (C=O) groups excluding carboxylic acids is 1. The number of hydrogen-bond donors (Lipinski definition) is 1. The summed E-state index contributed by atoms with van der Waals surface area (Å²) < 4.78 is 0. The van der Waals surface area contributed by atoms with Crippen molar-refractivity contribution in [1.29, 1.82) is 0 Å². The summed E-state index contributed by atoms with van der Waals surface area (Å²) in [5.41, 5.74) is 7.69. The van der Waals surface area contributed by atoms with E-state index in [1.807, 2.05) is 54.6 Å². The predicted molar refractivity (Wildman–Crippen MR) is 77.9 cm³/mol. The van der Waals surface area contributed by atoms with Crippen LogP contribution in [0.3, 0.4) is 0 Å². The lowest BCUT2D eigenvalue weighted by Gasteiger charge is -2.08. The van der Waals surface area contributed by atoms with Gasteiger partial charge in [0, 0.05) is 16.3 Å². The second-order valence-corrected chi connectivity index (χ2v) is 4.55. The third kappa shape index (κ3) is 2.23. The van der Waals surface area contributed by atoms with E-state index in [0.717, 1.165) is 22.0 Å². The molecule has 3 rings (SSSR count). The first-order valence-corrected chi connectivity index (χ1v) is 6.34. The Kier molecular flexibility index (Phi) is 3.13. The van der Waals surface area contributed by atoms with E-state index in [9.17, 15) is 4.79 Å². The number of benzene rings is 2. The highest BCUT2D eigenvalue weighted by atomic mass is 16.1. The molecule has 20 heavy (non-hydrogen) atoms. The number of nitrogens with two attached hydrogens (primary N) is 1. The lowest BCUT2D eigenvalue weighted by atomic mass is 10.0. The molecule has 0 radical (unpaired) electrons. The smallest absolute Gasteiger partial charge is 0.223 e. The average molecular weight is 263 g/mol. The van der Waals surface area contributed by atoms with Gasteiger partial charge in [0.2, 0.25) is 5.91 Å². The standard InChI is InChI=1S/C16H13N3O/c17-15(20)10-14-12-8-4-5-9-13(12)16(19-18-14)11-6-2-1-3-7-11/h1-9H,10H2,(H2,17,20). The highest BCUT2D eigenvalue weighted by Crippen LogP contribution is 2.27. The van der Waals surface area contributed by atoms with Crippen molar-refractivity contribution in [2.75, 3.05) is 0 Å². The Morgan fingerprint density at radius 2 is 1.55 bits per heavy atom. The van der Waals surface area contributed by atoms with E-state index >= 15 is 0 Å². The number of hydrogen-bond acceptors (Lipinski definition) is 3. The van der Waals surface area contributed by atoms with Crippen LogP contribution in [0, 0.1) is 0 Å².